The monoisotopic (exact) mass is 580 g/mol. The molecule has 0 radical (unpaired) electrons. The van der Waals surface area contributed by atoms with E-state index in [0.717, 1.165) is 0 Å². The van der Waals surface area contributed by atoms with Gasteiger partial charge in [0.05, 0.1) is 21.1 Å². The number of fused-ring (bicyclic) bond motifs is 1. The average Bonchev–Trinajstić information content (AvgIpc) is 2.85. The van der Waals surface area contributed by atoms with E-state index in [0.29, 0.717) is 32.3 Å². The zero-order valence-electron chi connectivity index (χ0n) is 18.2. The Kier molecular flexibility index (Phi) is 6.44. The van der Waals surface area contributed by atoms with Gasteiger partial charge in [0.1, 0.15) is 23.3 Å². The summed E-state index contributed by atoms with van der Waals surface area (Å²) >= 11 is 14.6. The molecule has 2 amide bonds. The quantitative estimate of drug-likeness (QED) is 0.185. The smallest absolute Gasteiger partial charge is 0.270 e. The Bertz CT molecular complexity index is 1630. The Morgan fingerprint density at radius 3 is 2.42 bits per heavy atom. The predicted molar refractivity (Wildman–Crippen MR) is 144 cm³/mol. The van der Waals surface area contributed by atoms with Crippen LogP contribution >= 0.6 is 39.7 Å². The molecule has 7 nitrogen and oxygen atoms in total. The number of para-hydroxylation sites is 1. The van der Waals surface area contributed by atoms with Gasteiger partial charge in [0.2, 0.25) is 0 Å². The molecular weight excluding hydrogens is 568 g/mol. The van der Waals surface area contributed by atoms with Crippen molar-refractivity contribution in [3.8, 4) is 11.5 Å². The van der Waals surface area contributed by atoms with Gasteiger partial charge in [0.15, 0.2) is 16.1 Å². The van der Waals surface area contributed by atoms with Crippen LogP contribution in [-0.2, 0) is 9.59 Å². The highest BCUT2D eigenvalue weighted by Gasteiger charge is 2.34. The lowest BCUT2D eigenvalue weighted by molar-refractivity contribution is -0.122. The number of carbonyl (C=O) groups excluding carboxylic acids is 2. The van der Waals surface area contributed by atoms with E-state index in [-0.39, 0.29) is 21.6 Å². The largest absolute Gasteiger partial charge is 0.462 e. The number of nitrogens with one attached hydrogen (secondary N) is 1. The molecule has 36 heavy (non-hydrogen) atoms. The highest BCUT2D eigenvalue weighted by Crippen LogP contribution is 2.29. The third-order valence-electron chi connectivity index (χ3n) is 5.29. The second-order valence-corrected chi connectivity index (χ2v) is 9.33. The Morgan fingerprint density at radius 2 is 1.69 bits per heavy atom. The molecule has 4 aromatic rings. The first kappa shape index (κ1) is 23.9. The van der Waals surface area contributed by atoms with Gasteiger partial charge >= 0.3 is 0 Å². The number of halogens is 2. The SMILES string of the molecule is O=C1NC(=S)N(c2ccc(Oc3ccccc3)cc2)C(=O)/C1=C/c1coc2c(Br)cc(Cl)cc2c1=O. The zero-order chi connectivity index (χ0) is 25.4. The van der Waals surface area contributed by atoms with Gasteiger partial charge in [-0.15, -0.1) is 0 Å². The molecule has 10 heteroatoms. The molecule has 0 unspecified atom stereocenters. The third kappa shape index (κ3) is 4.56. The van der Waals surface area contributed by atoms with Crippen molar-refractivity contribution in [3.05, 3.63) is 104 Å². The molecule has 1 aromatic heterocycles. The Hall–Kier alpha value is -3.79. The number of benzene rings is 3. The first-order valence-corrected chi connectivity index (χ1v) is 12.0. The summed E-state index contributed by atoms with van der Waals surface area (Å²) in [7, 11) is 0. The molecule has 1 fully saturated rings. The molecule has 0 atom stereocenters. The van der Waals surface area contributed by atoms with Gasteiger partial charge < -0.3 is 9.15 Å². The van der Waals surface area contributed by atoms with Crippen LogP contribution in [0.15, 0.2) is 92.3 Å². The van der Waals surface area contributed by atoms with Crippen LogP contribution < -0.4 is 20.4 Å². The van der Waals surface area contributed by atoms with E-state index < -0.39 is 17.2 Å². The Morgan fingerprint density at radius 1 is 1.00 bits per heavy atom. The number of nitrogens with zero attached hydrogens (tertiary/aromatic N) is 1. The summed E-state index contributed by atoms with van der Waals surface area (Å²) in [5.41, 5.74) is -0.00526. The van der Waals surface area contributed by atoms with E-state index in [1.807, 2.05) is 30.3 Å². The maximum atomic E-state index is 13.3. The molecule has 3 aromatic carbocycles. The van der Waals surface area contributed by atoms with Crippen molar-refractivity contribution in [1.82, 2.24) is 5.32 Å². The lowest BCUT2D eigenvalue weighted by atomic mass is 10.1. The minimum atomic E-state index is -0.725. The summed E-state index contributed by atoms with van der Waals surface area (Å²) < 4.78 is 11.9. The van der Waals surface area contributed by atoms with E-state index in [9.17, 15) is 14.4 Å². The number of hydrogen-bond acceptors (Lipinski definition) is 6. The van der Waals surface area contributed by atoms with E-state index in [1.165, 1.54) is 23.3 Å². The van der Waals surface area contributed by atoms with E-state index in [2.05, 4.69) is 21.2 Å². The highest BCUT2D eigenvalue weighted by atomic mass is 79.9. The topological polar surface area (TPSA) is 88.8 Å². The third-order valence-corrected chi connectivity index (χ3v) is 6.39. The van der Waals surface area contributed by atoms with Crippen LogP contribution in [0.3, 0.4) is 0 Å². The van der Waals surface area contributed by atoms with Gasteiger partial charge in [-0.05, 0) is 82.8 Å². The number of anilines is 1. The van der Waals surface area contributed by atoms with Crippen LogP contribution in [0.2, 0.25) is 5.02 Å². The number of amides is 2. The molecular formula is C26H14BrClN2O5S. The first-order valence-electron chi connectivity index (χ1n) is 10.5. The highest BCUT2D eigenvalue weighted by molar-refractivity contribution is 9.10. The minimum Gasteiger partial charge on any atom is -0.462 e. The second kappa shape index (κ2) is 9.69. The number of carbonyl (C=O) groups is 2. The van der Waals surface area contributed by atoms with Crippen LogP contribution in [0.5, 0.6) is 11.5 Å². The number of thiocarbonyl (C=S) groups is 1. The summed E-state index contributed by atoms with van der Waals surface area (Å²) in [6.45, 7) is 0. The summed E-state index contributed by atoms with van der Waals surface area (Å²) in [5, 5.41) is 2.94. The van der Waals surface area contributed by atoms with Crippen LogP contribution in [0.4, 0.5) is 5.69 Å². The van der Waals surface area contributed by atoms with Gasteiger partial charge in [-0.25, -0.2) is 0 Å². The molecule has 1 aliphatic rings. The van der Waals surface area contributed by atoms with Crippen LogP contribution in [-0.4, -0.2) is 16.9 Å². The van der Waals surface area contributed by atoms with Crippen molar-refractivity contribution >= 4 is 79.4 Å². The molecule has 0 saturated carbocycles. The van der Waals surface area contributed by atoms with E-state index >= 15 is 0 Å². The summed E-state index contributed by atoms with van der Waals surface area (Å²) in [6, 6.07) is 18.9. The maximum Gasteiger partial charge on any atom is 0.270 e. The van der Waals surface area contributed by atoms with Crippen molar-refractivity contribution in [2.45, 2.75) is 0 Å². The van der Waals surface area contributed by atoms with Crippen LogP contribution in [0.1, 0.15) is 5.56 Å². The standard InChI is InChI=1S/C26H14BrClN2O5S/c27-21-12-15(28)11-19-22(31)14(13-34-23(19)21)10-20-24(32)29-26(36)30(25(20)33)16-6-8-18(9-7-16)35-17-4-2-1-3-5-17/h1-13H,(H,29,32,36)/b20-10+. The van der Waals surface area contributed by atoms with Crippen molar-refractivity contribution in [1.29, 1.82) is 0 Å². The fourth-order valence-electron chi connectivity index (χ4n) is 3.62. The Balaban J connectivity index is 1.48. The van der Waals surface area contributed by atoms with Gasteiger partial charge in [-0.3, -0.25) is 24.6 Å². The van der Waals surface area contributed by atoms with Gasteiger partial charge in [0, 0.05) is 5.02 Å². The fourth-order valence-corrected chi connectivity index (χ4v) is 4.80. The molecule has 1 saturated heterocycles. The Labute approximate surface area is 223 Å². The average molecular weight is 582 g/mol. The summed E-state index contributed by atoms with van der Waals surface area (Å²) in [4.78, 5) is 40.2. The zero-order valence-corrected chi connectivity index (χ0v) is 21.3. The molecule has 1 N–H and O–H groups in total. The van der Waals surface area contributed by atoms with E-state index in [1.54, 1.807) is 30.3 Å². The summed E-state index contributed by atoms with van der Waals surface area (Å²) in [5.74, 6) is -0.196. The normalized spacial score (nSPS) is 14.9. The number of ether oxygens (including phenoxy) is 1. The minimum absolute atomic E-state index is 0.00884. The lowest BCUT2D eigenvalue weighted by Crippen LogP contribution is -2.54. The predicted octanol–water partition coefficient (Wildman–Crippen LogP) is 5.83. The first-order chi connectivity index (χ1) is 17.3. The maximum absolute atomic E-state index is 13.3. The second-order valence-electron chi connectivity index (χ2n) is 7.65. The molecule has 0 bridgehead atoms. The van der Waals surface area contributed by atoms with Crippen molar-refractivity contribution < 1.29 is 18.7 Å². The van der Waals surface area contributed by atoms with Gasteiger partial charge in [-0.1, -0.05) is 29.8 Å². The van der Waals surface area contributed by atoms with Gasteiger partial charge in [-0.2, -0.15) is 0 Å². The van der Waals surface area contributed by atoms with Crippen molar-refractivity contribution in [3.63, 3.8) is 0 Å². The molecule has 5 rings (SSSR count). The fraction of sp³-hybridized carbons (Fsp3) is 0. The molecule has 178 valence electrons. The molecule has 2 heterocycles. The molecule has 1 aliphatic heterocycles. The summed E-state index contributed by atoms with van der Waals surface area (Å²) in [6.07, 6.45) is 2.36. The van der Waals surface area contributed by atoms with Crippen molar-refractivity contribution in [2.75, 3.05) is 4.90 Å². The number of hydrogen-bond donors (Lipinski definition) is 1. The lowest BCUT2D eigenvalue weighted by Gasteiger charge is -2.29. The molecule has 0 aliphatic carbocycles. The van der Waals surface area contributed by atoms with Crippen molar-refractivity contribution in [2.24, 2.45) is 0 Å². The van der Waals surface area contributed by atoms with Crippen LogP contribution in [0.25, 0.3) is 17.0 Å². The molecule has 0 spiro atoms. The van der Waals surface area contributed by atoms with Crippen LogP contribution in [0, 0.1) is 0 Å². The van der Waals surface area contributed by atoms with Gasteiger partial charge in [0.25, 0.3) is 11.8 Å². The number of rotatable bonds is 4. The van der Waals surface area contributed by atoms with E-state index in [4.69, 9.17) is 33.0 Å².